The molecule has 0 atom stereocenters. The lowest BCUT2D eigenvalue weighted by Gasteiger charge is -2.18. The molecule has 0 fully saturated rings. The number of alkyl halides is 3. The van der Waals surface area contributed by atoms with Crippen LogP contribution in [0.5, 0.6) is 5.75 Å². The van der Waals surface area contributed by atoms with Crippen LogP contribution in [0.2, 0.25) is 0 Å². The smallest absolute Gasteiger partial charge is 0.416 e. The zero-order valence-electron chi connectivity index (χ0n) is 13.4. The van der Waals surface area contributed by atoms with E-state index in [1.165, 1.54) is 12.1 Å². The van der Waals surface area contributed by atoms with Gasteiger partial charge in [-0.2, -0.15) is 13.2 Å². The standard InChI is InChI=1S/C17H16F3N3O.BrH/c1-2-24-15-9-5-6-12(17(18,19)20)11(15)10-23-14-8-4-3-7-13(14)22-16(23)21;/h3-9H,2,10H2,1H3,(H2,21,22);1H. The Balaban J connectivity index is 0.00000225. The Morgan fingerprint density at radius 2 is 1.84 bits per heavy atom. The van der Waals surface area contributed by atoms with Gasteiger partial charge in [0.1, 0.15) is 5.75 Å². The first-order valence-electron chi connectivity index (χ1n) is 7.44. The number of nitrogens with two attached hydrogens (primary N) is 1. The normalized spacial score (nSPS) is 11.4. The third kappa shape index (κ3) is 3.73. The summed E-state index contributed by atoms with van der Waals surface area (Å²) in [6.45, 7) is 1.93. The largest absolute Gasteiger partial charge is 0.494 e. The molecule has 25 heavy (non-hydrogen) atoms. The molecule has 0 saturated heterocycles. The number of ether oxygens (including phenoxy) is 1. The van der Waals surface area contributed by atoms with Gasteiger partial charge in [0, 0.05) is 5.56 Å². The number of hydrogen-bond donors (Lipinski definition) is 1. The van der Waals surface area contributed by atoms with E-state index in [1.807, 2.05) is 0 Å². The third-order valence-electron chi connectivity index (χ3n) is 3.74. The van der Waals surface area contributed by atoms with Crippen molar-refractivity contribution in [3.8, 4) is 5.75 Å². The molecule has 0 saturated carbocycles. The van der Waals surface area contributed by atoms with Crippen molar-refractivity contribution in [3.63, 3.8) is 0 Å². The molecule has 0 amide bonds. The van der Waals surface area contributed by atoms with Crippen LogP contribution in [0.1, 0.15) is 18.1 Å². The van der Waals surface area contributed by atoms with Crippen LogP contribution in [-0.4, -0.2) is 16.2 Å². The number of nitrogens with zero attached hydrogens (tertiary/aromatic N) is 2. The number of fused-ring (bicyclic) bond motifs is 1. The van der Waals surface area contributed by atoms with Crippen molar-refractivity contribution in [1.82, 2.24) is 9.55 Å². The van der Waals surface area contributed by atoms with Crippen molar-refractivity contribution in [2.75, 3.05) is 12.3 Å². The zero-order chi connectivity index (χ0) is 17.3. The number of rotatable bonds is 4. The molecule has 0 aliphatic rings. The van der Waals surface area contributed by atoms with Crippen LogP contribution in [0.4, 0.5) is 19.1 Å². The SMILES string of the molecule is Br.CCOc1cccc(C(F)(F)F)c1Cn1c(N)nc2ccccc21. The van der Waals surface area contributed by atoms with Crippen LogP contribution in [0.25, 0.3) is 11.0 Å². The summed E-state index contributed by atoms with van der Waals surface area (Å²) in [5.41, 5.74) is 6.54. The fourth-order valence-electron chi connectivity index (χ4n) is 2.70. The minimum Gasteiger partial charge on any atom is -0.494 e. The molecule has 2 N–H and O–H groups in total. The molecule has 0 unspecified atom stereocenters. The van der Waals surface area contributed by atoms with Crippen molar-refractivity contribution < 1.29 is 17.9 Å². The highest BCUT2D eigenvalue weighted by atomic mass is 79.9. The number of para-hydroxylation sites is 2. The summed E-state index contributed by atoms with van der Waals surface area (Å²) in [4.78, 5) is 4.20. The second-order valence-corrected chi connectivity index (χ2v) is 5.26. The van der Waals surface area contributed by atoms with E-state index >= 15 is 0 Å². The molecule has 3 rings (SSSR count). The van der Waals surface area contributed by atoms with Gasteiger partial charge in [-0.3, -0.25) is 0 Å². The highest BCUT2D eigenvalue weighted by Crippen LogP contribution is 2.37. The molecule has 0 aliphatic carbocycles. The topological polar surface area (TPSA) is 53.1 Å². The lowest BCUT2D eigenvalue weighted by atomic mass is 10.1. The van der Waals surface area contributed by atoms with E-state index in [4.69, 9.17) is 10.5 Å². The Morgan fingerprint density at radius 1 is 1.12 bits per heavy atom. The van der Waals surface area contributed by atoms with Gasteiger partial charge < -0.3 is 15.0 Å². The molecule has 3 aromatic rings. The Kier molecular flexibility index (Phi) is 5.62. The van der Waals surface area contributed by atoms with Crippen molar-refractivity contribution in [2.45, 2.75) is 19.6 Å². The van der Waals surface area contributed by atoms with Crippen LogP contribution < -0.4 is 10.5 Å². The summed E-state index contributed by atoms with van der Waals surface area (Å²) >= 11 is 0. The van der Waals surface area contributed by atoms with E-state index in [0.29, 0.717) is 11.0 Å². The molecular formula is C17H17BrF3N3O. The monoisotopic (exact) mass is 415 g/mol. The molecule has 4 nitrogen and oxygen atoms in total. The summed E-state index contributed by atoms with van der Waals surface area (Å²) in [5, 5.41) is 0. The number of nitrogen functional groups attached to an aromatic ring is 1. The molecule has 1 heterocycles. The first-order valence-corrected chi connectivity index (χ1v) is 7.44. The van der Waals surface area contributed by atoms with Crippen LogP contribution in [0.15, 0.2) is 42.5 Å². The van der Waals surface area contributed by atoms with Crippen LogP contribution in [0, 0.1) is 0 Å². The lowest BCUT2D eigenvalue weighted by Crippen LogP contribution is -2.14. The van der Waals surface area contributed by atoms with Crippen molar-refractivity contribution in [2.24, 2.45) is 0 Å². The molecule has 0 radical (unpaired) electrons. The van der Waals surface area contributed by atoms with Gasteiger partial charge in [-0.1, -0.05) is 18.2 Å². The summed E-state index contributed by atoms with van der Waals surface area (Å²) in [6, 6.07) is 11.0. The zero-order valence-corrected chi connectivity index (χ0v) is 15.1. The van der Waals surface area contributed by atoms with Crippen molar-refractivity contribution in [3.05, 3.63) is 53.6 Å². The molecule has 1 aromatic heterocycles. The Bertz CT molecular complexity index is 877. The molecule has 134 valence electrons. The Hall–Kier alpha value is -2.22. The van der Waals surface area contributed by atoms with Crippen LogP contribution >= 0.6 is 17.0 Å². The predicted molar refractivity (Wildman–Crippen MR) is 96.2 cm³/mol. The number of anilines is 1. The number of benzene rings is 2. The number of hydrogen-bond acceptors (Lipinski definition) is 3. The van der Waals surface area contributed by atoms with Crippen LogP contribution in [-0.2, 0) is 12.7 Å². The first-order chi connectivity index (χ1) is 11.4. The predicted octanol–water partition coefficient (Wildman–Crippen LogP) is 4.66. The van der Waals surface area contributed by atoms with E-state index in [9.17, 15) is 13.2 Å². The van der Waals surface area contributed by atoms with Gasteiger partial charge in [0.05, 0.1) is 29.7 Å². The molecular weight excluding hydrogens is 399 g/mol. The van der Waals surface area contributed by atoms with E-state index < -0.39 is 11.7 Å². The molecule has 8 heteroatoms. The number of halogens is 4. The second kappa shape index (κ2) is 7.35. The Labute approximate surface area is 153 Å². The van der Waals surface area contributed by atoms with Crippen LogP contribution in [0.3, 0.4) is 0 Å². The van der Waals surface area contributed by atoms with Gasteiger partial charge in [-0.25, -0.2) is 4.98 Å². The summed E-state index contributed by atoms with van der Waals surface area (Å²) in [7, 11) is 0. The van der Waals surface area contributed by atoms with Gasteiger partial charge in [-0.15, -0.1) is 17.0 Å². The van der Waals surface area contributed by atoms with Gasteiger partial charge in [0.2, 0.25) is 5.95 Å². The Morgan fingerprint density at radius 3 is 2.52 bits per heavy atom. The molecule has 0 aliphatic heterocycles. The van der Waals surface area contributed by atoms with Gasteiger partial charge in [-0.05, 0) is 31.2 Å². The first kappa shape index (κ1) is 19.1. The summed E-state index contributed by atoms with van der Waals surface area (Å²) in [6.07, 6.45) is -4.48. The molecule has 0 spiro atoms. The second-order valence-electron chi connectivity index (χ2n) is 5.26. The molecule has 2 aromatic carbocycles. The fourth-order valence-corrected chi connectivity index (χ4v) is 2.70. The summed E-state index contributed by atoms with van der Waals surface area (Å²) < 4.78 is 47.2. The highest BCUT2D eigenvalue weighted by Gasteiger charge is 2.35. The summed E-state index contributed by atoms with van der Waals surface area (Å²) in [5.74, 6) is 0.361. The average molecular weight is 416 g/mol. The maximum absolute atomic E-state index is 13.4. The quantitative estimate of drug-likeness (QED) is 0.673. The van der Waals surface area contributed by atoms with Crippen molar-refractivity contribution in [1.29, 1.82) is 0 Å². The van der Waals surface area contributed by atoms with Gasteiger partial charge in [0.15, 0.2) is 0 Å². The minimum absolute atomic E-state index is 0. The average Bonchev–Trinajstić information content (AvgIpc) is 2.84. The van der Waals surface area contributed by atoms with E-state index in [1.54, 1.807) is 35.8 Å². The fraction of sp³-hybridized carbons (Fsp3) is 0.235. The highest BCUT2D eigenvalue weighted by molar-refractivity contribution is 8.93. The van der Waals surface area contributed by atoms with E-state index in [0.717, 1.165) is 6.07 Å². The minimum atomic E-state index is -4.48. The number of aromatic nitrogens is 2. The third-order valence-corrected chi connectivity index (χ3v) is 3.74. The number of imidazole rings is 1. The van der Waals surface area contributed by atoms with E-state index in [-0.39, 0.29) is 47.4 Å². The van der Waals surface area contributed by atoms with Crippen molar-refractivity contribution >= 4 is 34.0 Å². The van der Waals surface area contributed by atoms with E-state index in [2.05, 4.69) is 4.98 Å². The van der Waals surface area contributed by atoms with Gasteiger partial charge in [0.25, 0.3) is 0 Å². The van der Waals surface area contributed by atoms with Gasteiger partial charge >= 0.3 is 6.18 Å². The lowest BCUT2D eigenvalue weighted by molar-refractivity contribution is -0.138. The maximum atomic E-state index is 13.4. The molecule has 0 bridgehead atoms. The maximum Gasteiger partial charge on any atom is 0.416 e.